The zero-order valence-electron chi connectivity index (χ0n) is 11.8. The van der Waals surface area contributed by atoms with Crippen LogP contribution in [-0.4, -0.2) is 41.6 Å². The summed E-state index contributed by atoms with van der Waals surface area (Å²) in [6.07, 6.45) is 0.177. The highest BCUT2D eigenvalue weighted by molar-refractivity contribution is 5.79. The number of rotatable bonds is 5. The van der Waals surface area contributed by atoms with Crippen LogP contribution in [0.3, 0.4) is 0 Å². The topological polar surface area (TPSA) is 66.8 Å². The number of amides is 1. The van der Waals surface area contributed by atoms with E-state index in [9.17, 15) is 14.0 Å². The molecule has 1 saturated heterocycles. The Bertz CT molecular complexity index is 517. The number of nitrogens with zero attached hydrogens (tertiary/aromatic N) is 1. The summed E-state index contributed by atoms with van der Waals surface area (Å²) in [5.41, 5.74) is 0. The number of hydrogen-bond donors (Lipinski definition) is 1. The molecule has 5 nitrogen and oxygen atoms in total. The summed E-state index contributed by atoms with van der Waals surface area (Å²) in [7, 11) is 0. The molecule has 1 heterocycles. The van der Waals surface area contributed by atoms with Gasteiger partial charge in [-0.25, -0.2) is 4.39 Å². The molecular weight excluding hydrogens is 277 g/mol. The molecule has 0 aliphatic carbocycles. The summed E-state index contributed by atoms with van der Waals surface area (Å²) in [4.78, 5) is 24.6. The monoisotopic (exact) mass is 295 g/mol. The van der Waals surface area contributed by atoms with Crippen molar-refractivity contribution >= 4 is 11.9 Å². The molecule has 114 valence electrons. The maximum atomic E-state index is 12.7. The lowest BCUT2D eigenvalue weighted by Crippen LogP contribution is -2.30. The second kappa shape index (κ2) is 6.56. The van der Waals surface area contributed by atoms with E-state index in [4.69, 9.17) is 9.84 Å². The second-order valence-electron chi connectivity index (χ2n) is 5.27. The summed E-state index contributed by atoms with van der Waals surface area (Å²) in [5, 5.41) is 9.04. The van der Waals surface area contributed by atoms with Crippen LogP contribution in [0.15, 0.2) is 24.3 Å². The predicted molar refractivity (Wildman–Crippen MR) is 73.4 cm³/mol. The molecule has 2 rings (SSSR count). The van der Waals surface area contributed by atoms with E-state index >= 15 is 0 Å². The van der Waals surface area contributed by atoms with E-state index < -0.39 is 11.9 Å². The Morgan fingerprint density at radius 3 is 2.57 bits per heavy atom. The molecule has 0 unspecified atom stereocenters. The Kier molecular flexibility index (Phi) is 4.77. The molecule has 1 aliphatic rings. The predicted octanol–water partition coefficient (Wildman–Crippen LogP) is 1.77. The van der Waals surface area contributed by atoms with Gasteiger partial charge in [0.2, 0.25) is 5.91 Å². The van der Waals surface area contributed by atoms with Gasteiger partial charge in [-0.3, -0.25) is 9.59 Å². The van der Waals surface area contributed by atoms with Gasteiger partial charge in [0.05, 0.1) is 18.9 Å². The fourth-order valence-electron chi connectivity index (χ4n) is 2.44. The quantitative estimate of drug-likeness (QED) is 0.899. The lowest BCUT2D eigenvalue weighted by atomic mass is 9.99. The molecule has 2 atom stereocenters. The lowest BCUT2D eigenvalue weighted by molar-refractivity contribution is -0.142. The van der Waals surface area contributed by atoms with Crippen LogP contribution in [0.5, 0.6) is 5.75 Å². The smallest absolute Gasteiger partial charge is 0.308 e. The van der Waals surface area contributed by atoms with Gasteiger partial charge in [0, 0.05) is 13.1 Å². The van der Waals surface area contributed by atoms with Gasteiger partial charge in [-0.15, -0.1) is 0 Å². The summed E-state index contributed by atoms with van der Waals surface area (Å²) < 4.78 is 18.1. The molecular formula is C15H18FNO4. The first-order chi connectivity index (χ1) is 9.97. The van der Waals surface area contributed by atoms with Crippen molar-refractivity contribution < 1.29 is 23.8 Å². The Labute approximate surface area is 122 Å². The number of carboxylic acid groups (broad SMARTS) is 1. The van der Waals surface area contributed by atoms with Crippen molar-refractivity contribution in [3.63, 3.8) is 0 Å². The number of ether oxygens (including phenoxy) is 1. The van der Waals surface area contributed by atoms with Gasteiger partial charge in [0.15, 0.2) is 0 Å². The van der Waals surface area contributed by atoms with E-state index in [-0.39, 0.29) is 37.2 Å². The molecule has 21 heavy (non-hydrogen) atoms. The first-order valence-electron chi connectivity index (χ1n) is 6.86. The SMILES string of the molecule is C[C@@H]1CN(C(=O)CCOc2ccc(F)cc2)C[C@H]1C(=O)O. The van der Waals surface area contributed by atoms with Crippen molar-refractivity contribution in [1.29, 1.82) is 0 Å². The van der Waals surface area contributed by atoms with Crippen LogP contribution >= 0.6 is 0 Å². The number of halogens is 1. The molecule has 6 heteroatoms. The lowest BCUT2D eigenvalue weighted by Gasteiger charge is -2.16. The number of benzene rings is 1. The zero-order valence-corrected chi connectivity index (χ0v) is 11.8. The molecule has 1 fully saturated rings. The van der Waals surface area contributed by atoms with E-state index in [1.54, 1.807) is 4.90 Å². The highest BCUT2D eigenvalue weighted by Gasteiger charge is 2.36. The van der Waals surface area contributed by atoms with E-state index in [0.29, 0.717) is 12.3 Å². The molecule has 0 aromatic heterocycles. The Hall–Kier alpha value is -2.11. The van der Waals surface area contributed by atoms with Crippen molar-refractivity contribution in [2.75, 3.05) is 19.7 Å². The first kappa shape index (κ1) is 15.3. The molecule has 1 aromatic rings. The number of carboxylic acids is 1. The van der Waals surface area contributed by atoms with Crippen molar-refractivity contribution in [3.8, 4) is 5.75 Å². The molecule has 0 saturated carbocycles. The van der Waals surface area contributed by atoms with Crippen LogP contribution in [0.2, 0.25) is 0 Å². The van der Waals surface area contributed by atoms with Crippen molar-refractivity contribution in [1.82, 2.24) is 4.90 Å². The fourth-order valence-corrected chi connectivity index (χ4v) is 2.44. The van der Waals surface area contributed by atoms with Gasteiger partial charge in [0.1, 0.15) is 11.6 Å². The van der Waals surface area contributed by atoms with Gasteiger partial charge in [0.25, 0.3) is 0 Å². The Morgan fingerprint density at radius 2 is 2.00 bits per heavy atom. The van der Waals surface area contributed by atoms with Gasteiger partial charge in [-0.2, -0.15) is 0 Å². The minimum absolute atomic E-state index is 0.0375. The minimum atomic E-state index is -0.861. The second-order valence-corrected chi connectivity index (χ2v) is 5.27. The average molecular weight is 295 g/mol. The third kappa shape index (κ3) is 3.93. The van der Waals surface area contributed by atoms with Crippen LogP contribution in [-0.2, 0) is 9.59 Å². The number of carbonyl (C=O) groups excluding carboxylic acids is 1. The van der Waals surface area contributed by atoms with E-state index in [1.807, 2.05) is 6.92 Å². The molecule has 0 bridgehead atoms. The standard InChI is InChI=1S/C15H18FNO4/c1-10-8-17(9-13(10)15(19)20)14(18)6-7-21-12-4-2-11(16)3-5-12/h2-5,10,13H,6-9H2,1H3,(H,19,20)/t10-,13-/m1/s1. The average Bonchev–Trinajstić information content (AvgIpc) is 2.83. The zero-order chi connectivity index (χ0) is 15.4. The third-order valence-corrected chi connectivity index (χ3v) is 3.68. The molecule has 1 aliphatic heterocycles. The summed E-state index contributed by atoms with van der Waals surface area (Å²) in [6.45, 7) is 2.74. The number of hydrogen-bond acceptors (Lipinski definition) is 3. The molecule has 0 spiro atoms. The molecule has 0 radical (unpaired) electrons. The van der Waals surface area contributed by atoms with Crippen molar-refractivity contribution in [2.45, 2.75) is 13.3 Å². The minimum Gasteiger partial charge on any atom is -0.493 e. The van der Waals surface area contributed by atoms with Crippen LogP contribution < -0.4 is 4.74 Å². The van der Waals surface area contributed by atoms with E-state index in [1.165, 1.54) is 24.3 Å². The number of carbonyl (C=O) groups is 2. The molecule has 1 aromatic carbocycles. The van der Waals surface area contributed by atoms with Crippen molar-refractivity contribution in [2.24, 2.45) is 11.8 Å². The first-order valence-corrected chi connectivity index (χ1v) is 6.86. The molecule has 1 N–H and O–H groups in total. The maximum Gasteiger partial charge on any atom is 0.308 e. The highest BCUT2D eigenvalue weighted by atomic mass is 19.1. The fraction of sp³-hybridized carbons (Fsp3) is 0.467. The largest absolute Gasteiger partial charge is 0.493 e. The summed E-state index contributed by atoms with van der Waals surface area (Å²) in [6, 6.07) is 5.57. The third-order valence-electron chi connectivity index (χ3n) is 3.68. The van der Waals surface area contributed by atoms with Gasteiger partial charge >= 0.3 is 5.97 Å². The highest BCUT2D eigenvalue weighted by Crippen LogP contribution is 2.23. The van der Waals surface area contributed by atoms with Crippen molar-refractivity contribution in [3.05, 3.63) is 30.1 Å². The van der Waals surface area contributed by atoms with Crippen LogP contribution in [0.25, 0.3) is 0 Å². The van der Waals surface area contributed by atoms with Crippen LogP contribution in [0.4, 0.5) is 4.39 Å². The van der Waals surface area contributed by atoms with E-state index in [0.717, 1.165) is 0 Å². The van der Waals surface area contributed by atoms with Crippen LogP contribution in [0, 0.1) is 17.7 Å². The number of aliphatic carboxylic acids is 1. The Balaban J connectivity index is 1.77. The van der Waals surface area contributed by atoms with Gasteiger partial charge in [-0.1, -0.05) is 6.92 Å². The summed E-state index contributed by atoms with van der Waals surface area (Å²) in [5.74, 6) is -1.35. The molecule has 1 amide bonds. The van der Waals surface area contributed by atoms with E-state index in [2.05, 4.69) is 0 Å². The summed E-state index contributed by atoms with van der Waals surface area (Å²) >= 11 is 0. The normalized spacial score (nSPS) is 21.3. The number of likely N-dealkylation sites (tertiary alicyclic amines) is 1. The van der Waals surface area contributed by atoms with Gasteiger partial charge < -0.3 is 14.7 Å². The Morgan fingerprint density at radius 1 is 1.33 bits per heavy atom. The maximum absolute atomic E-state index is 12.7. The van der Waals surface area contributed by atoms with Gasteiger partial charge in [-0.05, 0) is 30.2 Å². The van der Waals surface area contributed by atoms with Crippen LogP contribution in [0.1, 0.15) is 13.3 Å².